The van der Waals surface area contributed by atoms with Gasteiger partial charge in [0, 0.05) is 25.3 Å². The van der Waals surface area contributed by atoms with Crippen LogP contribution in [-0.2, 0) is 11.3 Å². The number of carbonyl (C=O) groups is 1. The molecule has 0 bridgehead atoms. The van der Waals surface area contributed by atoms with Crippen LogP contribution in [0, 0.1) is 11.3 Å². The minimum Gasteiger partial charge on any atom is -0.368 e. The number of hydrogen-bond acceptors (Lipinski definition) is 5. The van der Waals surface area contributed by atoms with Crippen molar-refractivity contribution in [3.8, 4) is 6.07 Å². The van der Waals surface area contributed by atoms with Gasteiger partial charge in [-0.1, -0.05) is 12.1 Å². The first-order valence-corrected chi connectivity index (χ1v) is 9.38. The van der Waals surface area contributed by atoms with Gasteiger partial charge >= 0.3 is 0 Å². The lowest BCUT2D eigenvalue weighted by molar-refractivity contribution is -0.119. The van der Waals surface area contributed by atoms with E-state index in [1.807, 2.05) is 30.0 Å². The molecule has 0 spiro atoms. The highest BCUT2D eigenvalue weighted by Crippen LogP contribution is 2.43. The molecule has 3 heterocycles. The topological polar surface area (TPSA) is 86.2 Å². The molecule has 2 N–H and O–H groups in total. The third kappa shape index (κ3) is 3.15. The number of aromatic nitrogens is 1. The van der Waals surface area contributed by atoms with Crippen LogP contribution in [0.3, 0.4) is 0 Å². The Morgan fingerprint density at radius 3 is 2.78 bits per heavy atom. The van der Waals surface area contributed by atoms with Gasteiger partial charge in [-0.3, -0.25) is 9.78 Å². The zero-order valence-electron chi connectivity index (χ0n) is 15.4. The fourth-order valence-electron chi connectivity index (χ4n) is 4.02. The van der Waals surface area contributed by atoms with Gasteiger partial charge in [0.05, 0.1) is 41.2 Å². The number of fused-ring (bicyclic) bond motifs is 1. The summed E-state index contributed by atoms with van der Waals surface area (Å²) in [5.74, 6) is -0.188. The lowest BCUT2D eigenvalue weighted by Gasteiger charge is -2.35. The fourth-order valence-corrected chi connectivity index (χ4v) is 4.02. The lowest BCUT2D eigenvalue weighted by Crippen LogP contribution is -2.43. The lowest BCUT2D eigenvalue weighted by atomic mass is 10.0. The summed E-state index contributed by atoms with van der Waals surface area (Å²) in [5.41, 5.74) is 10.6. The van der Waals surface area contributed by atoms with E-state index in [-0.39, 0.29) is 17.9 Å². The third-order valence-corrected chi connectivity index (χ3v) is 5.47. The number of rotatable bonds is 3. The first kappa shape index (κ1) is 17.5. The van der Waals surface area contributed by atoms with Crippen LogP contribution in [0.5, 0.6) is 0 Å². The van der Waals surface area contributed by atoms with E-state index in [9.17, 15) is 4.79 Å². The van der Waals surface area contributed by atoms with E-state index in [2.05, 4.69) is 16.0 Å². The number of piperidine rings is 1. The van der Waals surface area contributed by atoms with Gasteiger partial charge in [-0.15, -0.1) is 0 Å². The summed E-state index contributed by atoms with van der Waals surface area (Å²) in [6.07, 6.45) is 3.88. The Kier molecular flexibility index (Phi) is 4.54. The van der Waals surface area contributed by atoms with Crippen molar-refractivity contribution in [1.82, 2.24) is 4.98 Å². The van der Waals surface area contributed by atoms with Gasteiger partial charge in [0.1, 0.15) is 0 Å². The minimum absolute atomic E-state index is 0.0654. The van der Waals surface area contributed by atoms with Gasteiger partial charge in [-0.2, -0.15) is 5.26 Å². The maximum atomic E-state index is 13.0. The Bertz CT molecular complexity index is 902. The normalized spacial score (nSPS) is 21.9. The van der Waals surface area contributed by atoms with Crippen LogP contribution in [-0.4, -0.2) is 30.0 Å². The number of anilines is 2. The molecule has 138 valence electrons. The zero-order chi connectivity index (χ0) is 19.0. The number of hydrogen-bond donors (Lipinski definition) is 1. The molecule has 1 saturated heterocycles. The number of pyridine rings is 1. The van der Waals surface area contributed by atoms with E-state index in [1.54, 1.807) is 18.3 Å². The standard InChI is InChI=1S/C21H23N5O/c1-14-19-20(18(8-9-24-19)25-10-2-3-17(23)13-25)26(21(14)27)12-16-6-4-15(11-22)5-7-16/h4-9,14,17H,2-3,10,12-13,23H2,1H3. The summed E-state index contributed by atoms with van der Waals surface area (Å²) in [6, 6.07) is 11.7. The van der Waals surface area contributed by atoms with Crippen LogP contribution in [0.4, 0.5) is 11.4 Å². The van der Waals surface area contributed by atoms with Gasteiger partial charge in [0.25, 0.3) is 0 Å². The predicted octanol–water partition coefficient (Wildman–Crippen LogP) is 2.53. The fraction of sp³-hybridized carbons (Fsp3) is 0.381. The highest BCUT2D eigenvalue weighted by molar-refractivity contribution is 6.07. The van der Waals surface area contributed by atoms with Gasteiger partial charge in [-0.05, 0) is 43.5 Å². The van der Waals surface area contributed by atoms with E-state index in [1.165, 1.54) is 0 Å². The number of benzene rings is 1. The van der Waals surface area contributed by atoms with E-state index in [0.717, 1.165) is 48.6 Å². The van der Waals surface area contributed by atoms with Crippen LogP contribution in [0.2, 0.25) is 0 Å². The van der Waals surface area contributed by atoms with E-state index >= 15 is 0 Å². The number of amides is 1. The van der Waals surface area contributed by atoms with Gasteiger partial charge in [0.15, 0.2) is 0 Å². The second-order valence-corrected chi connectivity index (χ2v) is 7.37. The molecule has 2 unspecified atom stereocenters. The van der Waals surface area contributed by atoms with Crippen LogP contribution in [0.15, 0.2) is 36.5 Å². The maximum Gasteiger partial charge on any atom is 0.236 e. The summed E-state index contributed by atoms with van der Waals surface area (Å²) < 4.78 is 0. The maximum absolute atomic E-state index is 13.0. The van der Waals surface area contributed by atoms with Crippen molar-refractivity contribution in [3.05, 3.63) is 53.3 Å². The van der Waals surface area contributed by atoms with Crippen molar-refractivity contribution in [1.29, 1.82) is 5.26 Å². The Morgan fingerprint density at radius 2 is 2.07 bits per heavy atom. The summed E-state index contributed by atoms with van der Waals surface area (Å²) in [6.45, 7) is 4.13. The second kappa shape index (κ2) is 7.01. The van der Waals surface area contributed by atoms with E-state index in [4.69, 9.17) is 11.0 Å². The summed E-state index contributed by atoms with van der Waals surface area (Å²) >= 11 is 0. The Hall–Kier alpha value is -2.91. The molecule has 2 aliphatic rings. The van der Waals surface area contributed by atoms with Crippen molar-refractivity contribution in [2.45, 2.75) is 38.3 Å². The average Bonchev–Trinajstić information content (AvgIpc) is 2.93. The monoisotopic (exact) mass is 361 g/mol. The van der Waals surface area contributed by atoms with E-state index < -0.39 is 0 Å². The molecule has 0 saturated carbocycles. The molecule has 1 aromatic carbocycles. The number of nitrogens with two attached hydrogens (primary N) is 1. The van der Waals surface area contributed by atoms with Crippen LogP contribution < -0.4 is 15.5 Å². The Balaban J connectivity index is 1.71. The highest BCUT2D eigenvalue weighted by Gasteiger charge is 2.38. The summed E-state index contributed by atoms with van der Waals surface area (Å²) in [5, 5.41) is 8.98. The molecule has 2 aromatic rings. The molecule has 2 aliphatic heterocycles. The quantitative estimate of drug-likeness (QED) is 0.908. The molecule has 27 heavy (non-hydrogen) atoms. The zero-order valence-corrected chi connectivity index (χ0v) is 15.4. The second-order valence-electron chi connectivity index (χ2n) is 7.37. The van der Waals surface area contributed by atoms with Crippen molar-refractivity contribution in [3.63, 3.8) is 0 Å². The molecule has 6 heteroatoms. The largest absolute Gasteiger partial charge is 0.368 e. The molecule has 0 radical (unpaired) electrons. The van der Waals surface area contributed by atoms with Crippen molar-refractivity contribution < 1.29 is 4.79 Å². The van der Waals surface area contributed by atoms with Crippen molar-refractivity contribution in [2.75, 3.05) is 22.9 Å². The Labute approximate surface area is 159 Å². The number of nitrogens with zero attached hydrogens (tertiary/aromatic N) is 4. The first-order valence-electron chi connectivity index (χ1n) is 9.38. The van der Waals surface area contributed by atoms with Gasteiger partial charge < -0.3 is 15.5 Å². The smallest absolute Gasteiger partial charge is 0.236 e. The van der Waals surface area contributed by atoms with Crippen molar-refractivity contribution in [2.24, 2.45) is 5.73 Å². The molecule has 4 rings (SSSR count). The molecule has 1 amide bonds. The number of carbonyl (C=O) groups excluding carboxylic acids is 1. The molecular weight excluding hydrogens is 338 g/mol. The Morgan fingerprint density at radius 1 is 1.30 bits per heavy atom. The predicted molar refractivity (Wildman–Crippen MR) is 104 cm³/mol. The molecule has 1 aromatic heterocycles. The van der Waals surface area contributed by atoms with E-state index in [0.29, 0.717) is 12.1 Å². The van der Waals surface area contributed by atoms with Gasteiger partial charge in [0.2, 0.25) is 5.91 Å². The SMILES string of the molecule is CC1C(=O)N(Cc2ccc(C#N)cc2)c2c(N3CCCC(N)C3)ccnc21. The molecular formula is C21H23N5O. The molecule has 1 fully saturated rings. The third-order valence-electron chi connectivity index (χ3n) is 5.47. The van der Waals surface area contributed by atoms with Crippen molar-refractivity contribution >= 4 is 17.3 Å². The van der Waals surface area contributed by atoms with Crippen LogP contribution >= 0.6 is 0 Å². The molecule has 0 aliphatic carbocycles. The molecule has 6 nitrogen and oxygen atoms in total. The summed E-state index contributed by atoms with van der Waals surface area (Å²) in [4.78, 5) is 21.6. The van der Waals surface area contributed by atoms with Crippen LogP contribution in [0.1, 0.15) is 42.5 Å². The summed E-state index contributed by atoms with van der Waals surface area (Å²) in [7, 11) is 0. The average molecular weight is 361 g/mol. The molecule has 2 atom stereocenters. The van der Waals surface area contributed by atoms with Crippen LogP contribution in [0.25, 0.3) is 0 Å². The highest BCUT2D eigenvalue weighted by atomic mass is 16.2. The minimum atomic E-state index is -0.253. The van der Waals surface area contributed by atoms with Gasteiger partial charge in [-0.25, -0.2) is 0 Å². The number of nitriles is 1. The first-order chi connectivity index (χ1) is 13.1.